The SMILES string of the molecule is CCOC(=O)C(Cc1ccc(Br)cc1)n1cccn1. The highest BCUT2D eigenvalue weighted by atomic mass is 79.9. The van der Waals surface area contributed by atoms with Gasteiger partial charge in [-0.3, -0.25) is 4.68 Å². The lowest BCUT2D eigenvalue weighted by molar-refractivity contribution is -0.147. The Kier molecular flexibility index (Phi) is 4.74. The Labute approximate surface area is 120 Å². The maximum Gasteiger partial charge on any atom is 0.331 e. The van der Waals surface area contributed by atoms with Crippen molar-refractivity contribution in [1.29, 1.82) is 0 Å². The van der Waals surface area contributed by atoms with Gasteiger partial charge in [0.05, 0.1) is 6.61 Å². The molecule has 100 valence electrons. The fourth-order valence-electron chi connectivity index (χ4n) is 1.83. The summed E-state index contributed by atoms with van der Waals surface area (Å²) in [6.07, 6.45) is 4.00. The molecule has 4 nitrogen and oxygen atoms in total. The molecule has 0 bridgehead atoms. The van der Waals surface area contributed by atoms with Crippen LogP contribution in [0.2, 0.25) is 0 Å². The van der Waals surface area contributed by atoms with Crippen LogP contribution in [0.5, 0.6) is 0 Å². The summed E-state index contributed by atoms with van der Waals surface area (Å²) in [5, 5.41) is 4.14. The van der Waals surface area contributed by atoms with Gasteiger partial charge >= 0.3 is 5.97 Å². The summed E-state index contributed by atoms with van der Waals surface area (Å²) >= 11 is 3.40. The third kappa shape index (κ3) is 3.67. The summed E-state index contributed by atoms with van der Waals surface area (Å²) in [5.41, 5.74) is 1.07. The summed E-state index contributed by atoms with van der Waals surface area (Å²) in [4.78, 5) is 12.0. The molecular formula is C14H15BrN2O2. The Morgan fingerprint density at radius 3 is 2.74 bits per heavy atom. The molecule has 0 aliphatic carbocycles. The van der Waals surface area contributed by atoms with Crippen LogP contribution in [0.25, 0.3) is 0 Å². The van der Waals surface area contributed by atoms with Crippen LogP contribution in [0.4, 0.5) is 0 Å². The minimum absolute atomic E-state index is 0.255. The van der Waals surface area contributed by atoms with Crippen molar-refractivity contribution in [2.24, 2.45) is 0 Å². The summed E-state index contributed by atoms with van der Waals surface area (Å²) in [6, 6.07) is 9.27. The molecule has 0 aliphatic rings. The largest absolute Gasteiger partial charge is 0.464 e. The summed E-state index contributed by atoms with van der Waals surface area (Å²) in [5.74, 6) is -0.255. The van der Waals surface area contributed by atoms with E-state index in [-0.39, 0.29) is 5.97 Å². The molecule has 1 unspecified atom stereocenters. The molecule has 0 saturated carbocycles. The van der Waals surface area contributed by atoms with Crippen LogP contribution in [0.3, 0.4) is 0 Å². The number of aromatic nitrogens is 2. The first-order valence-corrected chi connectivity index (χ1v) is 6.90. The van der Waals surface area contributed by atoms with E-state index in [0.717, 1.165) is 10.0 Å². The second-order valence-electron chi connectivity index (χ2n) is 4.08. The molecule has 5 heteroatoms. The van der Waals surface area contributed by atoms with Crippen molar-refractivity contribution < 1.29 is 9.53 Å². The molecule has 0 saturated heterocycles. The third-order valence-corrected chi connectivity index (χ3v) is 3.27. The number of benzene rings is 1. The van der Waals surface area contributed by atoms with Gasteiger partial charge in [0.1, 0.15) is 0 Å². The van der Waals surface area contributed by atoms with E-state index in [2.05, 4.69) is 21.0 Å². The van der Waals surface area contributed by atoms with Crippen molar-refractivity contribution in [2.45, 2.75) is 19.4 Å². The third-order valence-electron chi connectivity index (χ3n) is 2.75. The predicted molar refractivity (Wildman–Crippen MR) is 75.7 cm³/mol. The van der Waals surface area contributed by atoms with Crippen molar-refractivity contribution in [3.63, 3.8) is 0 Å². The van der Waals surface area contributed by atoms with E-state index in [1.54, 1.807) is 30.1 Å². The number of esters is 1. The zero-order valence-corrected chi connectivity index (χ0v) is 12.2. The van der Waals surface area contributed by atoms with Gasteiger partial charge in [0.2, 0.25) is 0 Å². The van der Waals surface area contributed by atoms with Gasteiger partial charge in [-0.1, -0.05) is 28.1 Å². The average molecular weight is 323 g/mol. The number of carbonyl (C=O) groups is 1. The molecule has 0 aliphatic heterocycles. The first-order chi connectivity index (χ1) is 9.20. The van der Waals surface area contributed by atoms with Gasteiger partial charge in [-0.2, -0.15) is 5.10 Å². The quantitative estimate of drug-likeness (QED) is 0.795. The highest BCUT2D eigenvalue weighted by Crippen LogP contribution is 2.18. The van der Waals surface area contributed by atoms with Crippen molar-refractivity contribution in [3.8, 4) is 0 Å². The first kappa shape index (κ1) is 13.8. The fraction of sp³-hybridized carbons (Fsp3) is 0.286. The van der Waals surface area contributed by atoms with Crippen molar-refractivity contribution in [3.05, 3.63) is 52.8 Å². The fourth-order valence-corrected chi connectivity index (χ4v) is 2.10. The maximum atomic E-state index is 12.0. The van der Waals surface area contributed by atoms with Crippen molar-refractivity contribution >= 4 is 21.9 Å². The van der Waals surface area contributed by atoms with E-state index in [4.69, 9.17) is 4.74 Å². The minimum Gasteiger partial charge on any atom is -0.464 e. The lowest BCUT2D eigenvalue weighted by atomic mass is 10.1. The Morgan fingerprint density at radius 1 is 1.42 bits per heavy atom. The van der Waals surface area contributed by atoms with Gasteiger partial charge in [0.25, 0.3) is 0 Å². The second kappa shape index (κ2) is 6.52. The summed E-state index contributed by atoms with van der Waals surface area (Å²) in [6.45, 7) is 2.18. The molecular weight excluding hydrogens is 308 g/mol. The van der Waals surface area contributed by atoms with Crippen LogP contribution >= 0.6 is 15.9 Å². The molecule has 0 spiro atoms. The van der Waals surface area contributed by atoms with Gasteiger partial charge in [-0.05, 0) is 30.7 Å². The van der Waals surface area contributed by atoms with Crippen LogP contribution in [0, 0.1) is 0 Å². The topological polar surface area (TPSA) is 44.1 Å². The normalized spacial score (nSPS) is 12.1. The molecule has 2 rings (SSSR count). The number of halogens is 1. The Bertz CT molecular complexity index is 523. The monoisotopic (exact) mass is 322 g/mol. The van der Waals surface area contributed by atoms with E-state index >= 15 is 0 Å². The lowest BCUT2D eigenvalue weighted by Crippen LogP contribution is -2.24. The zero-order chi connectivity index (χ0) is 13.7. The standard InChI is InChI=1S/C14H15BrN2O2/c1-2-19-14(18)13(17-9-3-8-16-17)10-11-4-6-12(15)7-5-11/h3-9,13H,2,10H2,1H3. The summed E-state index contributed by atoms with van der Waals surface area (Å²) < 4.78 is 7.77. The van der Waals surface area contributed by atoms with Crippen LogP contribution in [-0.4, -0.2) is 22.4 Å². The number of rotatable bonds is 5. The number of carbonyl (C=O) groups excluding carboxylic acids is 1. The highest BCUT2D eigenvalue weighted by molar-refractivity contribution is 9.10. The number of hydrogen-bond acceptors (Lipinski definition) is 3. The van der Waals surface area contributed by atoms with Gasteiger partial charge in [0.15, 0.2) is 6.04 Å². The molecule has 19 heavy (non-hydrogen) atoms. The van der Waals surface area contributed by atoms with Crippen LogP contribution in [-0.2, 0) is 16.0 Å². The molecule has 1 atom stereocenters. The number of hydrogen-bond donors (Lipinski definition) is 0. The zero-order valence-electron chi connectivity index (χ0n) is 10.6. The molecule has 0 N–H and O–H groups in total. The predicted octanol–water partition coefficient (Wildman–Crippen LogP) is 2.99. The van der Waals surface area contributed by atoms with E-state index in [1.807, 2.05) is 24.3 Å². The molecule has 1 aromatic heterocycles. The first-order valence-electron chi connectivity index (χ1n) is 6.11. The van der Waals surface area contributed by atoms with Crippen LogP contribution < -0.4 is 0 Å². The average Bonchev–Trinajstić information content (AvgIpc) is 2.92. The van der Waals surface area contributed by atoms with Crippen molar-refractivity contribution in [1.82, 2.24) is 9.78 Å². The molecule has 2 aromatic rings. The molecule has 0 fully saturated rings. The second-order valence-corrected chi connectivity index (χ2v) is 5.00. The van der Waals surface area contributed by atoms with Crippen LogP contribution in [0.15, 0.2) is 47.2 Å². The summed E-state index contributed by atoms with van der Waals surface area (Å²) in [7, 11) is 0. The van der Waals surface area contributed by atoms with Crippen LogP contribution in [0.1, 0.15) is 18.5 Å². The Morgan fingerprint density at radius 2 is 2.16 bits per heavy atom. The van der Waals surface area contributed by atoms with Gasteiger partial charge in [-0.15, -0.1) is 0 Å². The number of ether oxygens (including phenoxy) is 1. The molecule has 0 amide bonds. The minimum atomic E-state index is -0.420. The Balaban J connectivity index is 2.18. The molecule has 1 aromatic carbocycles. The van der Waals surface area contributed by atoms with E-state index in [0.29, 0.717) is 13.0 Å². The Hall–Kier alpha value is -1.62. The lowest BCUT2D eigenvalue weighted by Gasteiger charge is -2.16. The molecule has 0 radical (unpaired) electrons. The van der Waals surface area contributed by atoms with E-state index in [1.165, 1.54) is 0 Å². The van der Waals surface area contributed by atoms with E-state index in [9.17, 15) is 4.79 Å². The van der Waals surface area contributed by atoms with Gasteiger partial charge < -0.3 is 4.74 Å². The molecule has 1 heterocycles. The maximum absolute atomic E-state index is 12.0. The highest BCUT2D eigenvalue weighted by Gasteiger charge is 2.22. The smallest absolute Gasteiger partial charge is 0.331 e. The van der Waals surface area contributed by atoms with Gasteiger partial charge in [-0.25, -0.2) is 4.79 Å². The van der Waals surface area contributed by atoms with Gasteiger partial charge in [0, 0.05) is 23.3 Å². The van der Waals surface area contributed by atoms with Crippen molar-refractivity contribution in [2.75, 3.05) is 6.61 Å². The number of nitrogens with zero attached hydrogens (tertiary/aromatic N) is 2. The van der Waals surface area contributed by atoms with E-state index < -0.39 is 6.04 Å².